The molecule has 0 atom stereocenters. The molecule has 46 heavy (non-hydrogen) atoms. The van der Waals surface area contributed by atoms with Gasteiger partial charge >= 0.3 is 0 Å². The van der Waals surface area contributed by atoms with Gasteiger partial charge in [0.1, 0.15) is 0 Å². The minimum Gasteiger partial charge on any atom is -0.304 e. The highest BCUT2D eigenvalue weighted by Gasteiger charge is 2.27. The van der Waals surface area contributed by atoms with E-state index in [4.69, 9.17) is 0 Å². The maximum Gasteiger partial charge on any atom is 0.266 e. The van der Waals surface area contributed by atoms with Crippen molar-refractivity contribution in [1.82, 2.24) is 35.2 Å². The summed E-state index contributed by atoms with van der Waals surface area (Å²) >= 11 is 2.85. The quantitative estimate of drug-likeness (QED) is 0.162. The van der Waals surface area contributed by atoms with Crippen molar-refractivity contribution in [1.29, 1.82) is 0 Å². The number of nitrogens with zero attached hydrogens (tertiary/aromatic N) is 5. The van der Waals surface area contributed by atoms with E-state index in [0.717, 1.165) is 67.5 Å². The van der Waals surface area contributed by atoms with Crippen molar-refractivity contribution in [2.45, 2.75) is 39.3 Å². The molecule has 0 spiro atoms. The maximum absolute atomic E-state index is 12.2. The van der Waals surface area contributed by atoms with Gasteiger partial charge in [-0.25, -0.2) is 0 Å². The zero-order valence-electron chi connectivity index (χ0n) is 24.8. The summed E-state index contributed by atoms with van der Waals surface area (Å²) in [5.74, 6) is 1.06. The lowest BCUT2D eigenvalue weighted by atomic mass is 10.2. The molecular weight excluding hydrogens is 619 g/mol. The van der Waals surface area contributed by atoms with E-state index in [2.05, 4.69) is 70.1 Å². The van der Waals surface area contributed by atoms with Crippen LogP contribution >= 0.6 is 22.7 Å². The maximum atomic E-state index is 12.2. The summed E-state index contributed by atoms with van der Waals surface area (Å²) in [7, 11) is 0. The standard InChI is InChI=1S/C17H16N4OS.C16H15N5OS/c22-17(15-7-4-8-23-15)18-16-13-10-21(11-14(13)19-20-16)9-12-5-2-1-3-6-12;22-16(14-5-3-7-23-14)18-15-12-9-21(10-13(12)19-20-15)8-11-4-1-2-6-17-11/h1-8H,9-11H2,(H2,18,19,20,22);1-7H,8-10H2,(H2,18,19,20,22). The van der Waals surface area contributed by atoms with Gasteiger partial charge in [-0.15, -0.1) is 22.7 Å². The summed E-state index contributed by atoms with van der Waals surface area (Å²) in [5.41, 5.74) is 6.62. The number of nitrogens with one attached hydrogen (secondary N) is 4. The topological polar surface area (TPSA) is 135 Å². The summed E-state index contributed by atoms with van der Waals surface area (Å²) < 4.78 is 0. The second-order valence-corrected chi connectivity index (χ2v) is 12.9. The smallest absolute Gasteiger partial charge is 0.266 e. The number of aromatic amines is 2. The van der Waals surface area contributed by atoms with Gasteiger partial charge in [0.05, 0.1) is 26.8 Å². The second-order valence-electron chi connectivity index (χ2n) is 11.0. The van der Waals surface area contributed by atoms with E-state index in [1.165, 1.54) is 28.2 Å². The van der Waals surface area contributed by atoms with E-state index in [0.29, 0.717) is 21.4 Å². The number of anilines is 2. The highest BCUT2D eigenvalue weighted by molar-refractivity contribution is 7.12. The van der Waals surface area contributed by atoms with Crippen LogP contribution in [0, 0.1) is 0 Å². The number of pyridine rings is 1. The van der Waals surface area contributed by atoms with E-state index in [1.54, 1.807) is 12.3 Å². The molecule has 11 nitrogen and oxygen atoms in total. The van der Waals surface area contributed by atoms with Gasteiger partial charge in [0.15, 0.2) is 11.6 Å². The van der Waals surface area contributed by atoms with Gasteiger partial charge in [0, 0.05) is 56.6 Å². The zero-order valence-corrected chi connectivity index (χ0v) is 26.4. The first kappa shape index (κ1) is 29.7. The van der Waals surface area contributed by atoms with Crippen molar-refractivity contribution < 1.29 is 9.59 Å². The molecule has 1 aromatic carbocycles. The predicted molar refractivity (Wildman–Crippen MR) is 178 cm³/mol. The number of amides is 2. The van der Waals surface area contributed by atoms with Crippen molar-refractivity contribution in [2.24, 2.45) is 0 Å². The first-order valence-corrected chi connectivity index (χ1v) is 16.6. The molecule has 0 aliphatic carbocycles. The Morgan fingerprint density at radius 3 is 1.76 bits per heavy atom. The number of rotatable bonds is 8. The van der Waals surface area contributed by atoms with Crippen molar-refractivity contribution in [3.8, 4) is 0 Å². The predicted octanol–water partition coefficient (Wildman–Crippen LogP) is 5.87. The number of hydrogen-bond donors (Lipinski definition) is 4. The summed E-state index contributed by atoms with van der Waals surface area (Å²) in [6.07, 6.45) is 1.80. The van der Waals surface area contributed by atoms with Gasteiger partial charge < -0.3 is 10.6 Å². The Labute approximate surface area is 273 Å². The third-order valence-electron chi connectivity index (χ3n) is 7.75. The first-order valence-electron chi connectivity index (χ1n) is 14.8. The highest BCUT2D eigenvalue weighted by Crippen LogP contribution is 2.30. The Kier molecular flexibility index (Phi) is 8.78. The van der Waals surface area contributed by atoms with Crippen molar-refractivity contribution in [3.63, 3.8) is 0 Å². The Balaban J connectivity index is 0.000000147. The summed E-state index contributed by atoms with van der Waals surface area (Å²) in [5, 5.41) is 24.2. The number of fused-ring (bicyclic) bond motifs is 2. The van der Waals surface area contributed by atoms with Crippen molar-refractivity contribution >= 4 is 46.1 Å². The van der Waals surface area contributed by atoms with E-state index < -0.39 is 0 Å². The Morgan fingerprint density at radius 2 is 1.24 bits per heavy atom. The lowest BCUT2D eigenvalue weighted by Gasteiger charge is -2.15. The lowest BCUT2D eigenvalue weighted by molar-refractivity contribution is 0.102. The molecule has 232 valence electrons. The van der Waals surface area contributed by atoms with Crippen LogP contribution in [0.2, 0.25) is 0 Å². The number of H-pyrrole nitrogens is 2. The molecule has 2 amide bonds. The normalized spacial score (nSPS) is 13.9. The molecule has 4 N–H and O–H groups in total. The molecule has 0 radical (unpaired) electrons. The van der Waals surface area contributed by atoms with Crippen LogP contribution in [-0.2, 0) is 39.3 Å². The molecule has 6 aromatic rings. The lowest BCUT2D eigenvalue weighted by Crippen LogP contribution is -2.18. The fourth-order valence-electron chi connectivity index (χ4n) is 5.56. The molecule has 7 heterocycles. The second kappa shape index (κ2) is 13.6. The van der Waals surface area contributed by atoms with Crippen LogP contribution < -0.4 is 10.6 Å². The molecule has 8 rings (SSSR count). The molecule has 0 bridgehead atoms. The molecule has 0 saturated heterocycles. The fraction of sp³-hybridized carbons (Fsp3) is 0.182. The molecule has 2 aliphatic rings. The van der Waals surface area contributed by atoms with Crippen molar-refractivity contribution in [2.75, 3.05) is 10.6 Å². The Bertz CT molecular complexity index is 1760. The van der Waals surface area contributed by atoms with E-state index in [9.17, 15) is 9.59 Å². The molecule has 0 saturated carbocycles. The van der Waals surface area contributed by atoms with Gasteiger partial charge in [-0.05, 0) is 40.6 Å². The number of hydrogen-bond acceptors (Lipinski definition) is 9. The monoisotopic (exact) mass is 649 g/mol. The van der Waals surface area contributed by atoms with Crippen LogP contribution in [0.4, 0.5) is 11.6 Å². The van der Waals surface area contributed by atoms with Gasteiger partial charge in [-0.3, -0.25) is 34.6 Å². The molecule has 5 aromatic heterocycles. The summed E-state index contributed by atoms with van der Waals surface area (Å²) in [6.45, 7) is 4.83. The minimum absolute atomic E-state index is 0.101. The van der Waals surface area contributed by atoms with Crippen LogP contribution in [0.5, 0.6) is 0 Å². The van der Waals surface area contributed by atoms with E-state index in [1.807, 2.05) is 53.2 Å². The van der Waals surface area contributed by atoms with Crippen LogP contribution in [0.15, 0.2) is 89.8 Å². The largest absolute Gasteiger partial charge is 0.304 e. The summed E-state index contributed by atoms with van der Waals surface area (Å²) in [4.78, 5) is 34.7. The molecular formula is C33H31N9O2S2. The molecule has 13 heteroatoms. The third kappa shape index (κ3) is 6.82. The first-order chi connectivity index (χ1) is 22.6. The number of benzene rings is 1. The molecule has 0 unspecified atom stereocenters. The zero-order chi connectivity index (χ0) is 31.3. The van der Waals surface area contributed by atoms with Gasteiger partial charge in [0.2, 0.25) is 0 Å². The highest BCUT2D eigenvalue weighted by atomic mass is 32.1. The van der Waals surface area contributed by atoms with Gasteiger partial charge in [-0.2, -0.15) is 10.2 Å². The average molecular weight is 650 g/mol. The molecule has 2 aliphatic heterocycles. The number of carbonyl (C=O) groups excluding carboxylic acids is 2. The van der Waals surface area contributed by atoms with Gasteiger partial charge in [0.25, 0.3) is 11.8 Å². The Morgan fingerprint density at radius 1 is 0.674 bits per heavy atom. The molecule has 0 fully saturated rings. The van der Waals surface area contributed by atoms with E-state index >= 15 is 0 Å². The van der Waals surface area contributed by atoms with Crippen LogP contribution in [0.1, 0.15) is 53.1 Å². The minimum atomic E-state index is -0.113. The SMILES string of the molecule is O=C(Nc1n[nH]c2c1CN(Cc1ccccc1)C2)c1cccs1.O=C(Nc1n[nH]c2c1CN(Cc1ccccn1)C2)c1cccs1. The van der Waals surface area contributed by atoms with Crippen molar-refractivity contribution in [3.05, 3.63) is 133 Å². The third-order valence-corrected chi connectivity index (χ3v) is 9.48. The van der Waals surface area contributed by atoms with Crippen LogP contribution in [-0.4, -0.2) is 47.0 Å². The Hall–Kier alpha value is -4.95. The van der Waals surface area contributed by atoms with E-state index in [-0.39, 0.29) is 11.8 Å². The van der Waals surface area contributed by atoms with Gasteiger partial charge in [-0.1, -0.05) is 48.5 Å². The average Bonchev–Trinajstić information content (AvgIpc) is 3.91. The number of carbonyl (C=O) groups is 2. The number of aromatic nitrogens is 5. The van der Waals surface area contributed by atoms with Crippen LogP contribution in [0.3, 0.4) is 0 Å². The summed E-state index contributed by atoms with van der Waals surface area (Å²) in [6, 6.07) is 23.7. The van der Waals surface area contributed by atoms with Crippen LogP contribution in [0.25, 0.3) is 0 Å². The number of thiophene rings is 2. The fourth-order valence-corrected chi connectivity index (χ4v) is 6.80.